The van der Waals surface area contributed by atoms with Crippen molar-refractivity contribution in [2.75, 3.05) is 0 Å². The first-order valence-corrected chi connectivity index (χ1v) is 7.66. The van der Waals surface area contributed by atoms with Gasteiger partial charge in [-0.3, -0.25) is 0 Å². The Morgan fingerprint density at radius 1 is 1.23 bits per heavy atom. The van der Waals surface area contributed by atoms with Gasteiger partial charge < -0.3 is 9.51 Å². The van der Waals surface area contributed by atoms with Crippen molar-refractivity contribution in [3.8, 4) is 0 Å². The lowest BCUT2D eigenvalue weighted by molar-refractivity contribution is -0.137. The fourth-order valence-electron chi connectivity index (χ4n) is 3.34. The minimum Gasteiger partial charge on any atom is -0.387 e. The molecule has 1 aliphatic carbocycles. The van der Waals surface area contributed by atoms with E-state index in [1.165, 1.54) is 18.9 Å². The third-order valence-corrected chi connectivity index (χ3v) is 4.50. The maximum atomic E-state index is 13.0. The summed E-state index contributed by atoms with van der Waals surface area (Å²) < 4.78 is 40.6. The highest BCUT2D eigenvalue weighted by Crippen LogP contribution is 2.35. The van der Waals surface area contributed by atoms with Crippen molar-refractivity contribution < 1.29 is 18.3 Å². The molecule has 1 N–H and O–H groups in total. The first-order valence-electron chi connectivity index (χ1n) is 7.66. The number of aliphatic hydroxyl groups excluding tert-OH is 1. The van der Waals surface area contributed by atoms with Crippen LogP contribution >= 0.6 is 0 Å². The SMILES string of the molecule is O[C@H](CC1CCCCC1)c1cc(C(F)(F)F)cc2cncn12. The van der Waals surface area contributed by atoms with Crippen LogP contribution in [0.25, 0.3) is 5.52 Å². The summed E-state index contributed by atoms with van der Waals surface area (Å²) in [5.41, 5.74) is -0.112. The lowest BCUT2D eigenvalue weighted by Crippen LogP contribution is -2.15. The summed E-state index contributed by atoms with van der Waals surface area (Å²) in [7, 11) is 0. The van der Waals surface area contributed by atoms with Crippen LogP contribution in [0.1, 0.15) is 55.9 Å². The number of alkyl halides is 3. The van der Waals surface area contributed by atoms with E-state index in [0.29, 0.717) is 17.9 Å². The monoisotopic (exact) mass is 312 g/mol. The van der Waals surface area contributed by atoms with E-state index >= 15 is 0 Å². The van der Waals surface area contributed by atoms with Crippen molar-refractivity contribution in [1.82, 2.24) is 9.38 Å². The van der Waals surface area contributed by atoms with Gasteiger partial charge in [0.05, 0.1) is 35.4 Å². The maximum Gasteiger partial charge on any atom is 0.416 e. The first-order chi connectivity index (χ1) is 10.4. The van der Waals surface area contributed by atoms with Gasteiger partial charge in [0.15, 0.2) is 0 Å². The fourth-order valence-corrected chi connectivity index (χ4v) is 3.34. The first kappa shape index (κ1) is 15.3. The van der Waals surface area contributed by atoms with E-state index in [1.54, 1.807) is 4.40 Å². The molecule has 0 amide bonds. The zero-order valence-electron chi connectivity index (χ0n) is 12.2. The number of hydrogen-bond acceptors (Lipinski definition) is 2. The van der Waals surface area contributed by atoms with Gasteiger partial charge in [-0.05, 0) is 24.5 Å². The van der Waals surface area contributed by atoms with E-state index in [0.717, 1.165) is 37.8 Å². The Bertz CT molecular complexity index is 644. The van der Waals surface area contributed by atoms with Gasteiger partial charge in [0.2, 0.25) is 0 Å². The molecule has 1 atom stereocenters. The van der Waals surface area contributed by atoms with Crippen molar-refractivity contribution in [1.29, 1.82) is 0 Å². The minimum atomic E-state index is -4.43. The van der Waals surface area contributed by atoms with Crippen LogP contribution in [-0.2, 0) is 6.18 Å². The Morgan fingerprint density at radius 2 is 1.95 bits per heavy atom. The van der Waals surface area contributed by atoms with Gasteiger partial charge in [-0.2, -0.15) is 13.2 Å². The van der Waals surface area contributed by atoms with Crippen molar-refractivity contribution in [2.45, 2.75) is 50.8 Å². The van der Waals surface area contributed by atoms with Crippen LogP contribution in [0.3, 0.4) is 0 Å². The summed E-state index contributed by atoms with van der Waals surface area (Å²) in [6.45, 7) is 0. The maximum absolute atomic E-state index is 13.0. The molecular formula is C16H19F3N2O. The quantitative estimate of drug-likeness (QED) is 0.914. The summed E-state index contributed by atoms with van der Waals surface area (Å²) in [5, 5.41) is 10.5. The third-order valence-electron chi connectivity index (χ3n) is 4.50. The molecule has 6 heteroatoms. The second-order valence-electron chi connectivity index (χ2n) is 6.11. The van der Waals surface area contributed by atoms with Crippen LogP contribution in [0.2, 0.25) is 0 Å². The zero-order valence-corrected chi connectivity index (χ0v) is 12.2. The van der Waals surface area contributed by atoms with Crippen molar-refractivity contribution in [2.24, 2.45) is 5.92 Å². The Kier molecular flexibility index (Phi) is 4.12. The van der Waals surface area contributed by atoms with E-state index < -0.39 is 17.8 Å². The van der Waals surface area contributed by atoms with Gasteiger partial charge in [0.1, 0.15) is 0 Å². The van der Waals surface area contributed by atoms with Crippen LogP contribution in [0, 0.1) is 5.92 Å². The van der Waals surface area contributed by atoms with Crippen molar-refractivity contribution in [3.63, 3.8) is 0 Å². The number of hydrogen-bond donors (Lipinski definition) is 1. The standard InChI is InChI=1S/C16H19F3N2O/c17-16(18,19)12-7-13-9-20-10-21(13)14(8-12)15(22)6-11-4-2-1-3-5-11/h7-11,15,22H,1-6H2/t15-/m1/s1. The number of aliphatic hydroxyl groups is 1. The molecule has 1 fully saturated rings. The smallest absolute Gasteiger partial charge is 0.387 e. The Labute approximate surface area is 126 Å². The Balaban J connectivity index is 1.92. The predicted molar refractivity (Wildman–Crippen MR) is 76.3 cm³/mol. The van der Waals surface area contributed by atoms with Crippen molar-refractivity contribution >= 4 is 5.52 Å². The molecule has 3 rings (SSSR count). The van der Waals surface area contributed by atoms with Crippen molar-refractivity contribution in [3.05, 3.63) is 35.9 Å². The van der Waals surface area contributed by atoms with Gasteiger partial charge in [-0.15, -0.1) is 0 Å². The summed E-state index contributed by atoms with van der Waals surface area (Å²) in [6.07, 6.45) is 3.60. The van der Waals surface area contributed by atoms with Gasteiger partial charge >= 0.3 is 6.18 Å². The molecule has 0 radical (unpaired) electrons. The lowest BCUT2D eigenvalue weighted by atomic mass is 9.85. The van der Waals surface area contributed by atoms with Crippen LogP contribution in [0.4, 0.5) is 13.2 Å². The van der Waals surface area contributed by atoms with Crippen LogP contribution in [0.5, 0.6) is 0 Å². The molecule has 0 aromatic carbocycles. The molecule has 120 valence electrons. The number of halogens is 3. The zero-order chi connectivity index (χ0) is 15.7. The molecule has 1 saturated carbocycles. The van der Waals surface area contributed by atoms with Crippen LogP contribution in [0.15, 0.2) is 24.7 Å². The second-order valence-corrected chi connectivity index (χ2v) is 6.11. The number of pyridine rings is 1. The number of aromatic nitrogens is 2. The summed E-state index contributed by atoms with van der Waals surface area (Å²) in [5.74, 6) is 0.386. The molecule has 22 heavy (non-hydrogen) atoms. The van der Waals surface area contributed by atoms with Crippen LogP contribution < -0.4 is 0 Å². The highest BCUT2D eigenvalue weighted by Gasteiger charge is 2.32. The van der Waals surface area contributed by atoms with Gasteiger partial charge in [0.25, 0.3) is 0 Å². The molecule has 1 aliphatic rings. The molecule has 2 heterocycles. The molecule has 2 aromatic heterocycles. The molecule has 0 aliphatic heterocycles. The van der Waals surface area contributed by atoms with E-state index in [9.17, 15) is 18.3 Å². The highest BCUT2D eigenvalue weighted by molar-refractivity contribution is 5.50. The number of nitrogens with zero attached hydrogens (tertiary/aromatic N) is 2. The Hall–Kier alpha value is -1.56. The summed E-state index contributed by atoms with van der Waals surface area (Å²) >= 11 is 0. The van der Waals surface area contributed by atoms with Gasteiger partial charge in [0, 0.05) is 0 Å². The lowest BCUT2D eigenvalue weighted by Gasteiger charge is -2.25. The van der Waals surface area contributed by atoms with E-state index in [2.05, 4.69) is 4.98 Å². The van der Waals surface area contributed by atoms with E-state index in [4.69, 9.17) is 0 Å². The third kappa shape index (κ3) is 3.11. The summed E-state index contributed by atoms with van der Waals surface area (Å²) in [4.78, 5) is 3.90. The minimum absolute atomic E-state index is 0.271. The predicted octanol–water partition coefficient (Wildman–Crippen LogP) is 4.36. The number of fused-ring (bicyclic) bond motifs is 1. The molecule has 3 nitrogen and oxygen atoms in total. The highest BCUT2D eigenvalue weighted by atomic mass is 19.4. The molecule has 0 unspecified atom stereocenters. The molecule has 2 aromatic rings. The topological polar surface area (TPSA) is 37.5 Å². The van der Waals surface area contributed by atoms with Gasteiger partial charge in [-0.25, -0.2) is 4.98 Å². The number of rotatable bonds is 3. The molecule has 0 bridgehead atoms. The average molecular weight is 312 g/mol. The molecular weight excluding hydrogens is 293 g/mol. The largest absolute Gasteiger partial charge is 0.416 e. The fraction of sp³-hybridized carbons (Fsp3) is 0.562. The molecule has 0 saturated heterocycles. The number of imidazole rings is 1. The second kappa shape index (κ2) is 5.91. The van der Waals surface area contributed by atoms with E-state index in [1.807, 2.05) is 0 Å². The Morgan fingerprint density at radius 3 is 2.64 bits per heavy atom. The average Bonchev–Trinajstić information content (AvgIpc) is 2.94. The molecule has 0 spiro atoms. The summed E-state index contributed by atoms with van der Waals surface area (Å²) in [6, 6.07) is 2.10. The normalized spacial score (nSPS) is 18.7. The van der Waals surface area contributed by atoms with Gasteiger partial charge in [-0.1, -0.05) is 32.1 Å². The van der Waals surface area contributed by atoms with E-state index in [-0.39, 0.29) is 5.69 Å². The van der Waals surface area contributed by atoms with Crippen LogP contribution in [-0.4, -0.2) is 14.5 Å².